The van der Waals surface area contributed by atoms with Crippen LogP contribution in [0.15, 0.2) is 16.6 Å². The maximum atomic E-state index is 4.48. The van der Waals surface area contributed by atoms with Crippen LogP contribution in [0.25, 0.3) is 0 Å². The van der Waals surface area contributed by atoms with Gasteiger partial charge in [0.05, 0.1) is 0 Å². The third-order valence-corrected chi connectivity index (χ3v) is 18.8. The Bertz CT molecular complexity index is 752. The second-order valence-corrected chi connectivity index (χ2v) is 20.4. The maximum absolute atomic E-state index is 4.48. The Kier molecular flexibility index (Phi) is 10.6. The average molecular weight is 606 g/mol. The summed E-state index contributed by atoms with van der Waals surface area (Å²) < 4.78 is 1.63. The molecule has 1 aromatic carbocycles. The van der Waals surface area contributed by atoms with Crippen molar-refractivity contribution in [3.63, 3.8) is 0 Å². The molecular weight excluding hydrogens is 550 g/mol. The molecule has 0 saturated heterocycles. The molecule has 0 bridgehead atoms. The number of hydrogen-bond donors (Lipinski definition) is 0. The molecule has 3 heteroatoms. The SMILES string of the molecule is CC(C)(C)c1cc(P(C2CCCCC2)C2CCCCC2)c(Br)c(P(C2CCCCC2)C2CCCCC2)c1. The molecule has 4 saturated carbocycles. The van der Waals surface area contributed by atoms with Crippen LogP contribution in [-0.4, -0.2) is 22.6 Å². The zero-order valence-electron chi connectivity index (χ0n) is 24.4. The Labute approximate surface area is 240 Å². The zero-order chi connectivity index (χ0) is 25.8. The predicted octanol–water partition coefficient (Wildman–Crippen LogP) is 11.3. The summed E-state index contributed by atoms with van der Waals surface area (Å²) in [6.07, 6.45) is 29.8. The third kappa shape index (κ3) is 7.08. The minimum absolute atomic E-state index is 0.0886. The second-order valence-electron chi connectivity index (χ2n) is 14.1. The van der Waals surface area contributed by atoms with Crippen molar-refractivity contribution in [2.75, 3.05) is 0 Å². The smallest absolute Gasteiger partial charge is 0.0329 e. The minimum Gasteiger partial charge on any atom is -0.0677 e. The summed E-state index contributed by atoms with van der Waals surface area (Å²) in [5.74, 6) is 0. The van der Waals surface area contributed by atoms with Gasteiger partial charge in [-0.15, -0.1) is 0 Å². The Morgan fingerprint density at radius 2 is 0.784 bits per heavy atom. The molecule has 4 aliphatic rings. The molecule has 37 heavy (non-hydrogen) atoms. The molecular formula is C34H55BrP2. The number of benzene rings is 1. The fourth-order valence-corrected chi connectivity index (χ4v) is 17.5. The summed E-state index contributed by atoms with van der Waals surface area (Å²) in [5.41, 5.74) is 5.77. The van der Waals surface area contributed by atoms with Gasteiger partial charge in [0.25, 0.3) is 0 Å². The van der Waals surface area contributed by atoms with Gasteiger partial charge >= 0.3 is 0 Å². The van der Waals surface area contributed by atoms with E-state index >= 15 is 0 Å². The molecule has 0 atom stereocenters. The van der Waals surface area contributed by atoms with Crippen molar-refractivity contribution in [1.29, 1.82) is 0 Å². The molecule has 4 fully saturated rings. The lowest BCUT2D eigenvalue weighted by molar-refractivity contribution is 0.486. The summed E-state index contributed by atoms with van der Waals surface area (Å²) in [6, 6.07) is 5.52. The molecule has 0 heterocycles. The first-order chi connectivity index (χ1) is 17.9. The van der Waals surface area contributed by atoms with E-state index in [1.807, 2.05) is 10.6 Å². The molecule has 0 unspecified atom stereocenters. The van der Waals surface area contributed by atoms with Gasteiger partial charge in [0.1, 0.15) is 0 Å². The van der Waals surface area contributed by atoms with Crippen LogP contribution in [0.1, 0.15) is 155 Å². The van der Waals surface area contributed by atoms with Crippen molar-refractivity contribution in [2.24, 2.45) is 0 Å². The molecule has 0 spiro atoms. The monoisotopic (exact) mass is 604 g/mol. The lowest BCUT2D eigenvalue weighted by atomic mass is 9.87. The summed E-state index contributed by atoms with van der Waals surface area (Å²) in [4.78, 5) is 0. The highest BCUT2D eigenvalue weighted by atomic mass is 79.9. The van der Waals surface area contributed by atoms with E-state index in [4.69, 9.17) is 0 Å². The molecule has 4 aliphatic carbocycles. The van der Waals surface area contributed by atoms with Gasteiger partial charge in [-0.05, 0) is 124 Å². The Balaban J connectivity index is 1.62. The fraction of sp³-hybridized carbons (Fsp3) is 0.824. The normalized spacial score (nSPS) is 24.3. The summed E-state index contributed by atoms with van der Waals surface area (Å²) in [7, 11) is -0.177. The zero-order valence-corrected chi connectivity index (χ0v) is 27.8. The molecule has 0 amide bonds. The highest BCUT2D eigenvalue weighted by molar-refractivity contribution is 9.11. The van der Waals surface area contributed by atoms with E-state index in [1.54, 1.807) is 10.0 Å². The van der Waals surface area contributed by atoms with Gasteiger partial charge < -0.3 is 0 Å². The van der Waals surface area contributed by atoms with Gasteiger partial charge in [0.15, 0.2) is 0 Å². The van der Waals surface area contributed by atoms with Crippen molar-refractivity contribution in [1.82, 2.24) is 0 Å². The first-order valence-electron chi connectivity index (χ1n) is 16.3. The van der Waals surface area contributed by atoms with Crippen LogP contribution in [0, 0.1) is 0 Å². The Morgan fingerprint density at radius 3 is 1.03 bits per heavy atom. The summed E-state index contributed by atoms with van der Waals surface area (Å²) in [6.45, 7) is 7.45. The van der Waals surface area contributed by atoms with Crippen LogP contribution in [0.5, 0.6) is 0 Å². The second kappa shape index (κ2) is 13.5. The molecule has 0 radical (unpaired) electrons. The van der Waals surface area contributed by atoms with Crippen molar-refractivity contribution in [2.45, 2.75) is 177 Å². The van der Waals surface area contributed by atoms with Crippen molar-refractivity contribution < 1.29 is 0 Å². The average Bonchev–Trinajstić information content (AvgIpc) is 2.92. The van der Waals surface area contributed by atoms with E-state index in [-0.39, 0.29) is 21.3 Å². The quantitative estimate of drug-likeness (QED) is 0.283. The van der Waals surface area contributed by atoms with Gasteiger partial charge in [-0.3, -0.25) is 0 Å². The van der Waals surface area contributed by atoms with Crippen LogP contribution in [0.2, 0.25) is 0 Å². The van der Waals surface area contributed by atoms with E-state index in [1.165, 1.54) is 128 Å². The van der Waals surface area contributed by atoms with Gasteiger partial charge in [0.2, 0.25) is 0 Å². The van der Waals surface area contributed by atoms with Gasteiger partial charge in [-0.25, -0.2) is 0 Å². The van der Waals surface area contributed by atoms with E-state index in [0.717, 1.165) is 22.6 Å². The Hall–Kier alpha value is 0.560. The van der Waals surface area contributed by atoms with Gasteiger partial charge in [-0.1, -0.05) is 114 Å². The molecule has 5 rings (SSSR count). The summed E-state index contributed by atoms with van der Waals surface area (Å²) in [5, 5.41) is 3.66. The standard InChI is InChI=1S/C34H55BrP2/c1-34(2,3)26-24-31(36(27-16-8-4-9-17-27)28-18-10-5-11-19-28)33(35)32(25-26)37(29-20-12-6-13-21-29)30-22-14-7-15-23-30/h24-25,27-30H,4-23H2,1-3H3. The lowest BCUT2D eigenvalue weighted by Gasteiger charge is -2.42. The first-order valence-corrected chi connectivity index (χ1v) is 20.1. The fourth-order valence-electron chi connectivity index (χ4n) is 8.22. The molecule has 0 aliphatic heterocycles. The third-order valence-electron chi connectivity index (χ3n) is 10.3. The molecule has 0 N–H and O–H groups in total. The van der Waals surface area contributed by atoms with E-state index < -0.39 is 0 Å². The van der Waals surface area contributed by atoms with Gasteiger partial charge in [0, 0.05) is 4.47 Å². The van der Waals surface area contributed by atoms with Crippen LogP contribution in [0.4, 0.5) is 0 Å². The largest absolute Gasteiger partial charge is 0.0677 e. The molecule has 0 aromatic heterocycles. The molecule has 208 valence electrons. The highest BCUT2D eigenvalue weighted by Crippen LogP contribution is 2.59. The molecule has 1 aromatic rings. The van der Waals surface area contributed by atoms with E-state index in [0.29, 0.717) is 0 Å². The van der Waals surface area contributed by atoms with Gasteiger partial charge in [-0.2, -0.15) is 0 Å². The van der Waals surface area contributed by atoms with Crippen LogP contribution in [-0.2, 0) is 5.41 Å². The van der Waals surface area contributed by atoms with Crippen molar-refractivity contribution in [3.8, 4) is 0 Å². The highest BCUT2D eigenvalue weighted by Gasteiger charge is 2.38. The van der Waals surface area contributed by atoms with E-state index in [2.05, 4.69) is 48.8 Å². The first kappa shape index (κ1) is 29.1. The Morgan fingerprint density at radius 1 is 0.514 bits per heavy atom. The predicted molar refractivity (Wildman–Crippen MR) is 173 cm³/mol. The number of rotatable bonds is 6. The lowest BCUT2D eigenvalue weighted by Crippen LogP contribution is -2.33. The topological polar surface area (TPSA) is 0 Å². The van der Waals surface area contributed by atoms with E-state index in [9.17, 15) is 0 Å². The maximum Gasteiger partial charge on any atom is 0.0329 e. The van der Waals surface area contributed by atoms with Crippen LogP contribution < -0.4 is 10.6 Å². The van der Waals surface area contributed by atoms with Crippen LogP contribution in [0.3, 0.4) is 0 Å². The number of halogens is 1. The van der Waals surface area contributed by atoms with Crippen LogP contribution >= 0.6 is 31.8 Å². The number of hydrogen-bond acceptors (Lipinski definition) is 0. The molecule has 0 nitrogen and oxygen atoms in total. The van der Waals surface area contributed by atoms with Crippen molar-refractivity contribution >= 4 is 42.4 Å². The van der Waals surface area contributed by atoms with Crippen molar-refractivity contribution in [3.05, 3.63) is 22.2 Å². The minimum atomic E-state index is -0.0886. The summed E-state index contributed by atoms with van der Waals surface area (Å²) >= 11 is 4.48.